The van der Waals surface area contributed by atoms with Crippen molar-refractivity contribution in [1.82, 2.24) is 0 Å². The van der Waals surface area contributed by atoms with E-state index in [-0.39, 0.29) is 11.6 Å². The van der Waals surface area contributed by atoms with Gasteiger partial charge < -0.3 is 9.47 Å². The Labute approximate surface area is 120 Å². The van der Waals surface area contributed by atoms with E-state index in [0.717, 1.165) is 31.2 Å². The standard InChI is InChI=1S/C14H16FIO2/c15-12-9-11(1-2-13(12)16)10-3-5-14(6-4-10)17-7-8-18-14/h1-2,9-10H,3-8H2. The van der Waals surface area contributed by atoms with Crippen molar-refractivity contribution in [3.05, 3.63) is 33.1 Å². The van der Waals surface area contributed by atoms with Gasteiger partial charge in [0.05, 0.1) is 13.2 Å². The summed E-state index contributed by atoms with van der Waals surface area (Å²) in [6, 6.07) is 5.59. The van der Waals surface area contributed by atoms with E-state index in [2.05, 4.69) is 0 Å². The zero-order chi connectivity index (χ0) is 12.6. The lowest BCUT2D eigenvalue weighted by atomic mass is 9.81. The van der Waals surface area contributed by atoms with Gasteiger partial charge in [-0.3, -0.25) is 0 Å². The fraction of sp³-hybridized carbons (Fsp3) is 0.571. The lowest BCUT2D eigenvalue weighted by molar-refractivity contribution is -0.178. The highest BCUT2D eigenvalue weighted by atomic mass is 127. The fourth-order valence-electron chi connectivity index (χ4n) is 2.94. The molecule has 2 aliphatic rings. The largest absolute Gasteiger partial charge is 0.348 e. The van der Waals surface area contributed by atoms with Crippen molar-refractivity contribution in [2.24, 2.45) is 0 Å². The van der Waals surface area contributed by atoms with Crippen LogP contribution in [0.15, 0.2) is 18.2 Å². The monoisotopic (exact) mass is 362 g/mol. The molecule has 0 N–H and O–H groups in total. The summed E-state index contributed by atoms with van der Waals surface area (Å²) in [5, 5.41) is 0. The summed E-state index contributed by atoms with van der Waals surface area (Å²) in [5.41, 5.74) is 1.11. The second kappa shape index (κ2) is 5.06. The Kier molecular flexibility index (Phi) is 3.60. The van der Waals surface area contributed by atoms with Crippen molar-refractivity contribution in [3.63, 3.8) is 0 Å². The molecule has 1 saturated heterocycles. The molecule has 3 rings (SSSR count). The molecule has 0 radical (unpaired) electrons. The normalized spacial score (nSPS) is 23.7. The summed E-state index contributed by atoms with van der Waals surface area (Å²) in [7, 11) is 0. The van der Waals surface area contributed by atoms with E-state index in [1.807, 2.05) is 34.7 Å². The average Bonchev–Trinajstić information content (AvgIpc) is 2.82. The van der Waals surface area contributed by atoms with Gasteiger partial charge in [0.15, 0.2) is 5.79 Å². The molecule has 18 heavy (non-hydrogen) atoms. The van der Waals surface area contributed by atoms with Crippen molar-refractivity contribution in [2.45, 2.75) is 37.4 Å². The first-order valence-electron chi connectivity index (χ1n) is 6.41. The van der Waals surface area contributed by atoms with Crippen molar-refractivity contribution >= 4 is 22.6 Å². The van der Waals surface area contributed by atoms with Gasteiger partial charge in [0.1, 0.15) is 5.82 Å². The van der Waals surface area contributed by atoms with Crippen LogP contribution in [0.1, 0.15) is 37.2 Å². The second-order valence-corrected chi connectivity index (χ2v) is 6.22. The first-order chi connectivity index (χ1) is 8.69. The summed E-state index contributed by atoms with van der Waals surface area (Å²) in [5.74, 6) is 0.00908. The van der Waals surface area contributed by atoms with Crippen molar-refractivity contribution in [2.75, 3.05) is 13.2 Å². The summed E-state index contributed by atoms with van der Waals surface area (Å²) >= 11 is 2.02. The third kappa shape index (κ3) is 2.42. The molecule has 0 bridgehead atoms. The molecular formula is C14H16FIO2. The number of benzene rings is 1. The van der Waals surface area contributed by atoms with Crippen LogP contribution in [-0.4, -0.2) is 19.0 Å². The first kappa shape index (κ1) is 12.8. The van der Waals surface area contributed by atoms with E-state index in [0.29, 0.717) is 22.7 Å². The first-order valence-corrected chi connectivity index (χ1v) is 7.49. The zero-order valence-corrected chi connectivity index (χ0v) is 12.3. The van der Waals surface area contributed by atoms with E-state index in [9.17, 15) is 4.39 Å². The van der Waals surface area contributed by atoms with Crippen LogP contribution in [0.5, 0.6) is 0 Å². The van der Waals surface area contributed by atoms with Crippen molar-refractivity contribution in [1.29, 1.82) is 0 Å². The van der Waals surface area contributed by atoms with E-state index in [1.54, 1.807) is 6.07 Å². The maximum absolute atomic E-state index is 13.6. The van der Waals surface area contributed by atoms with Crippen LogP contribution < -0.4 is 0 Å². The van der Waals surface area contributed by atoms with Gasteiger partial charge >= 0.3 is 0 Å². The van der Waals surface area contributed by atoms with Crippen LogP contribution in [0.4, 0.5) is 4.39 Å². The highest BCUT2D eigenvalue weighted by molar-refractivity contribution is 14.1. The van der Waals surface area contributed by atoms with Crippen molar-refractivity contribution < 1.29 is 13.9 Å². The van der Waals surface area contributed by atoms with E-state index < -0.39 is 0 Å². The third-order valence-electron chi connectivity index (χ3n) is 3.98. The lowest BCUT2D eigenvalue weighted by Crippen LogP contribution is -2.34. The minimum Gasteiger partial charge on any atom is -0.348 e. The highest BCUT2D eigenvalue weighted by Crippen LogP contribution is 2.42. The van der Waals surface area contributed by atoms with Gasteiger partial charge in [-0.05, 0) is 59.0 Å². The van der Waals surface area contributed by atoms with Gasteiger partial charge in [-0.15, -0.1) is 0 Å². The molecule has 0 aromatic heterocycles. The molecule has 1 heterocycles. The Morgan fingerprint density at radius 1 is 1.17 bits per heavy atom. The average molecular weight is 362 g/mol. The van der Waals surface area contributed by atoms with Gasteiger partial charge in [0.2, 0.25) is 0 Å². The minimum atomic E-state index is -0.321. The Morgan fingerprint density at radius 3 is 2.44 bits per heavy atom. The summed E-state index contributed by atoms with van der Waals surface area (Å²) in [6.45, 7) is 1.42. The number of hydrogen-bond acceptors (Lipinski definition) is 2. The van der Waals surface area contributed by atoms with Crippen LogP contribution in [0.25, 0.3) is 0 Å². The van der Waals surface area contributed by atoms with E-state index >= 15 is 0 Å². The third-order valence-corrected chi connectivity index (χ3v) is 4.85. The Hall–Kier alpha value is -0.200. The summed E-state index contributed by atoms with van der Waals surface area (Å²) < 4.78 is 25.7. The predicted molar refractivity (Wildman–Crippen MR) is 75.0 cm³/mol. The molecule has 1 spiro atoms. The fourth-order valence-corrected chi connectivity index (χ4v) is 3.28. The molecule has 1 saturated carbocycles. The maximum atomic E-state index is 13.6. The molecule has 1 aliphatic carbocycles. The number of hydrogen-bond donors (Lipinski definition) is 0. The molecular weight excluding hydrogens is 346 g/mol. The quantitative estimate of drug-likeness (QED) is 0.707. The number of halogens is 2. The van der Waals surface area contributed by atoms with Crippen LogP contribution in [-0.2, 0) is 9.47 Å². The topological polar surface area (TPSA) is 18.5 Å². The van der Waals surface area contributed by atoms with Gasteiger partial charge in [-0.2, -0.15) is 0 Å². The lowest BCUT2D eigenvalue weighted by Gasteiger charge is -2.35. The SMILES string of the molecule is Fc1cc(C2CCC3(CC2)OCCO3)ccc1I. The predicted octanol–water partition coefficient (Wildman–Crippen LogP) is 3.83. The second-order valence-electron chi connectivity index (χ2n) is 5.06. The molecule has 0 unspecified atom stereocenters. The van der Waals surface area contributed by atoms with Crippen molar-refractivity contribution in [3.8, 4) is 0 Å². The Morgan fingerprint density at radius 2 is 1.83 bits per heavy atom. The number of ether oxygens (including phenoxy) is 2. The van der Waals surface area contributed by atoms with Crippen LogP contribution in [0, 0.1) is 9.39 Å². The van der Waals surface area contributed by atoms with E-state index in [1.165, 1.54) is 0 Å². The molecule has 4 heteroatoms. The van der Waals surface area contributed by atoms with E-state index in [4.69, 9.17) is 9.47 Å². The molecule has 1 aromatic rings. The minimum absolute atomic E-state index is 0.109. The van der Waals surface area contributed by atoms with Gasteiger partial charge in [-0.1, -0.05) is 6.07 Å². The highest BCUT2D eigenvalue weighted by Gasteiger charge is 2.40. The molecule has 0 amide bonds. The van der Waals surface area contributed by atoms with Crippen LogP contribution in [0.2, 0.25) is 0 Å². The van der Waals surface area contributed by atoms with Crippen LogP contribution in [0.3, 0.4) is 0 Å². The molecule has 98 valence electrons. The van der Waals surface area contributed by atoms with Gasteiger partial charge in [0.25, 0.3) is 0 Å². The van der Waals surface area contributed by atoms with Gasteiger partial charge in [0, 0.05) is 16.4 Å². The molecule has 2 nitrogen and oxygen atoms in total. The van der Waals surface area contributed by atoms with Crippen LogP contribution >= 0.6 is 22.6 Å². The zero-order valence-electron chi connectivity index (χ0n) is 10.1. The molecule has 0 atom stereocenters. The summed E-state index contributed by atoms with van der Waals surface area (Å²) in [4.78, 5) is 0. The Bertz CT molecular complexity index is 433. The molecule has 1 aromatic carbocycles. The maximum Gasteiger partial charge on any atom is 0.168 e. The summed E-state index contributed by atoms with van der Waals surface area (Å²) in [6.07, 6.45) is 3.87. The Balaban J connectivity index is 1.70. The molecule has 1 aliphatic heterocycles. The number of rotatable bonds is 1. The van der Waals surface area contributed by atoms with Gasteiger partial charge in [-0.25, -0.2) is 4.39 Å². The molecule has 2 fully saturated rings. The smallest absolute Gasteiger partial charge is 0.168 e.